The Kier molecular flexibility index (Phi) is 7.29. The van der Waals surface area contributed by atoms with E-state index >= 15 is 0 Å². The monoisotopic (exact) mass is 564 g/mol. The first-order chi connectivity index (χ1) is 19.0. The molecule has 5 N–H and O–H groups in total. The zero-order valence-corrected chi connectivity index (χ0v) is 24.5. The largest absolute Gasteiger partial charge is 0.508 e. The number of rotatable bonds is 7. The standard InChI is InChI=1S/C33H40O8/c1-9-11-18(12-10-2)20-14-13-19-16(5)31(7)24(27(37)22(19)25(20)35)29(39)33(41)28(38)21(17(6)34)26(36)23(15(3)4)32(33,8)30(31)40/h9-10,13-16,18,23,30,35,37-38,40-41H,1-2,11-12H2,3-8H3/t16-,23?,30-,31+,32+,33+/m1/s1. The Labute approximate surface area is 240 Å². The summed E-state index contributed by atoms with van der Waals surface area (Å²) in [5.41, 5.74) is -6.53. The van der Waals surface area contributed by atoms with Crippen LogP contribution in [0.2, 0.25) is 0 Å². The van der Waals surface area contributed by atoms with Crippen LogP contribution in [0.15, 0.2) is 54.3 Å². The molecule has 0 heterocycles. The van der Waals surface area contributed by atoms with Gasteiger partial charge in [0, 0.05) is 16.7 Å². The van der Waals surface area contributed by atoms with Gasteiger partial charge in [-0.25, -0.2) is 0 Å². The Morgan fingerprint density at radius 1 is 1.07 bits per heavy atom. The zero-order chi connectivity index (χ0) is 31.0. The summed E-state index contributed by atoms with van der Waals surface area (Å²) in [6, 6.07) is 3.48. The molecule has 1 aromatic carbocycles. The Balaban J connectivity index is 2.11. The Morgan fingerprint density at radius 3 is 2.12 bits per heavy atom. The van der Waals surface area contributed by atoms with E-state index in [4.69, 9.17) is 0 Å². The number of phenols is 1. The molecule has 8 heteroatoms. The summed E-state index contributed by atoms with van der Waals surface area (Å²) in [6.45, 7) is 16.7. The maximum absolute atomic E-state index is 14.5. The molecule has 220 valence electrons. The van der Waals surface area contributed by atoms with Gasteiger partial charge < -0.3 is 25.5 Å². The van der Waals surface area contributed by atoms with Crippen molar-refractivity contribution in [3.8, 4) is 5.75 Å². The predicted octanol–water partition coefficient (Wildman–Crippen LogP) is 4.96. The van der Waals surface area contributed by atoms with Crippen molar-refractivity contribution in [2.75, 3.05) is 0 Å². The molecule has 6 atom stereocenters. The molecule has 8 nitrogen and oxygen atoms in total. The molecule has 1 saturated carbocycles. The zero-order valence-electron chi connectivity index (χ0n) is 24.5. The fourth-order valence-corrected chi connectivity index (χ4v) is 8.02. The molecule has 0 aromatic heterocycles. The lowest BCUT2D eigenvalue weighted by Gasteiger charge is -2.63. The van der Waals surface area contributed by atoms with Gasteiger partial charge in [-0.3, -0.25) is 14.4 Å². The maximum Gasteiger partial charge on any atom is 0.203 e. The number of phenolic OH excluding ortho intramolecular Hbond substituents is 1. The summed E-state index contributed by atoms with van der Waals surface area (Å²) in [4.78, 5) is 40.7. The third-order valence-electron chi connectivity index (χ3n) is 10.2. The average molecular weight is 565 g/mol. The molecule has 0 amide bonds. The number of hydrogen-bond donors (Lipinski definition) is 5. The van der Waals surface area contributed by atoms with Crippen LogP contribution in [0.1, 0.15) is 82.9 Å². The maximum atomic E-state index is 14.5. The van der Waals surface area contributed by atoms with Gasteiger partial charge in [-0.15, -0.1) is 13.2 Å². The molecule has 1 unspecified atom stereocenters. The normalized spacial score (nSPS) is 33.1. The van der Waals surface area contributed by atoms with Crippen LogP contribution in [0, 0.1) is 22.7 Å². The minimum Gasteiger partial charge on any atom is -0.508 e. The van der Waals surface area contributed by atoms with Crippen LogP contribution in [-0.2, 0) is 14.4 Å². The third-order valence-corrected chi connectivity index (χ3v) is 10.2. The van der Waals surface area contributed by atoms with Gasteiger partial charge in [0.15, 0.2) is 17.2 Å². The molecular formula is C33H40O8. The van der Waals surface area contributed by atoms with Gasteiger partial charge in [0.1, 0.15) is 22.8 Å². The first-order valence-corrected chi connectivity index (χ1v) is 14.0. The Bertz CT molecular complexity index is 1440. The van der Waals surface area contributed by atoms with Crippen LogP contribution in [-0.4, -0.2) is 54.6 Å². The lowest BCUT2D eigenvalue weighted by atomic mass is 9.40. The van der Waals surface area contributed by atoms with E-state index in [0.29, 0.717) is 24.0 Å². The van der Waals surface area contributed by atoms with Crippen molar-refractivity contribution in [3.63, 3.8) is 0 Å². The molecule has 0 aliphatic heterocycles. The number of Topliss-reactive ketones (excluding diaryl/α,β-unsaturated/α-hetero) is 3. The van der Waals surface area contributed by atoms with Crippen LogP contribution >= 0.6 is 0 Å². The predicted molar refractivity (Wildman–Crippen MR) is 154 cm³/mol. The van der Waals surface area contributed by atoms with Crippen molar-refractivity contribution in [1.29, 1.82) is 0 Å². The molecule has 3 aliphatic carbocycles. The van der Waals surface area contributed by atoms with E-state index in [9.17, 15) is 39.9 Å². The van der Waals surface area contributed by atoms with E-state index in [1.807, 2.05) is 0 Å². The summed E-state index contributed by atoms with van der Waals surface area (Å²) < 4.78 is 0. The van der Waals surface area contributed by atoms with Gasteiger partial charge in [-0.05, 0) is 48.6 Å². The van der Waals surface area contributed by atoms with E-state index in [2.05, 4.69) is 13.2 Å². The highest BCUT2D eigenvalue weighted by atomic mass is 16.4. The second-order valence-corrected chi connectivity index (χ2v) is 12.5. The Hall–Kier alpha value is -3.49. The molecule has 4 rings (SSSR count). The minimum absolute atomic E-state index is 0.00379. The first kappa shape index (κ1) is 30.5. The quantitative estimate of drug-likeness (QED) is 0.230. The number of aromatic hydroxyl groups is 1. The lowest BCUT2D eigenvalue weighted by molar-refractivity contribution is -0.215. The van der Waals surface area contributed by atoms with Gasteiger partial charge in [-0.2, -0.15) is 0 Å². The van der Waals surface area contributed by atoms with Crippen LogP contribution in [0.25, 0.3) is 5.76 Å². The smallest absolute Gasteiger partial charge is 0.203 e. The third kappa shape index (κ3) is 3.56. The number of aliphatic hydroxyl groups excluding tert-OH is 3. The summed E-state index contributed by atoms with van der Waals surface area (Å²) in [5, 5.41) is 59.0. The molecule has 1 aromatic rings. The molecular weight excluding hydrogens is 524 g/mol. The topological polar surface area (TPSA) is 152 Å². The number of aliphatic hydroxyl groups is 4. The summed E-state index contributed by atoms with van der Waals surface area (Å²) in [5.74, 6) is -7.40. The van der Waals surface area contributed by atoms with E-state index < -0.39 is 74.7 Å². The number of allylic oxidation sites excluding steroid dienone is 3. The van der Waals surface area contributed by atoms with Gasteiger partial charge >= 0.3 is 0 Å². The van der Waals surface area contributed by atoms with E-state index in [1.165, 1.54) is 6.92 Å². The highest BCUT2D eigenvalue weighted by Crippen LogP contribution is 2.67. The van der Waals surface area contributed by atoms with Crippen LogP contribution in [0.5, 0.6) is 5.75 Å². The minimum atomic E-state index is -2.91. The van der Waals surface area contributed by atoms with Gasteiger partial charge in [0.05, 0.1) is 17.2 Å². The van der Waals surface area contributed by atoms with E-state index in [-0.39, 0.29) is 22.8 Å². The fourth-order valence-electron chi connectivity index (χ4n) is 8.02. The van der Waals surface area contributed by atoms with Crippen molar-refractivity contribution < 1.29 is 39.9 Å². The number of ketones is 3. The van der Waals surface area contributed by atoms with Crippen molar-refractivity contribution in [2.45, 2.75) is 77.9 Å². The molecule has 41 heavy (non-hydrogen) atoms. The Morgan fingerprint density at radius 2 is 1.63 bits per heavy atom. The van der Waals surface area contributed by atoms with Crippen LogP contribution in [0.3, 0.4) is 0 Å². The summed E-state index contributed by atoms with van der Waals surface area (Å²) in [6.07, 6.45) is 2.78. The highest BCUT2D eigenvalue weighted by Gasteiger charge is 2.77. The molecule has 3 aliphatic rings. The van der Waals surface area contributed by atoms with Crippen molar-refractivity contribution in [1.82, 2.24) is 0 Å². The SMILES string of the molecule is C=CCC(CC=C)c1ccc2c(c1O)C(O)=C1C(=O)[C@@]3(O)C(O)=C(C(C)=O)C(=O)C(C(C)C)[C@@]3(C)[C@H](O)[C@@]1(C)[C@@H]2C. The van der Waals surface area contributed by atoms with Crippen molar-refractivity contribution >= 4 is 23.1 Å². The molecule has 0 radical (unpaired) electrons. The molecule has 0 bridgehead atoms. The summed E-state index contributed by atoms with van der Waals surface area (Å²) >= 11 is 0. The second kappa shape index (κ2) is 9.81. The molecule has 0 saturated heterocycles. The summed E-state index contributed by atoms with van der Waals surface area (Å²) in [7, 11) is 0. The van der Waals surface area contributed by atoms with Crippen LogP contribution < -0.4 is 0 Å². The first-order valence-electron chi connectivity index (χ1n) is 14.0. The second-order valence-electron chi connectivity index (χ2n) is 12.5. The fraction of sp³-hybridized carbons (Fsp3) is 0.485. The van der Waals surface area contributed by atoms with Gasteiger partial charge in [0.25, 0.3) is 0 Å². The lowest BCUT2D eigenvalue weighted by Crippen LogP contribution is -2.75. The number of carbonyl (C=O) groups is 3. The van der Waals surface area contributed by atoms with Crippen molar-refractivity contribution in [2.24, 2.45) is 22.7 Å². The number of hydrogen-bond acceptors (Lipinski definition) is 8. The van der Waals surface area contributed by atoms with Gasteiger partial charge in [0.2, 0.25) is 5.78 Å². The van der Waals surface area contributed by atoms with Crippen molar-refractivity contribution in [3.05, 3.63) is 71.0 Å². The van der Waals surface area contributed by atoms with Gasteiger partial charge in [-0.1, -0.05) is 58.9 Å². The highest BCUT2D eigenvalue weighted by molar-refractivity contribution is 6.24. The van der Waals surface area contributed by atoms with E-state index in [0.717, 1.165) is 6.92 Å². The number of benzene rings is 1. The number of fused-ring (bicyclic) bond motifs is 3. The number of carbonyl (C=O) groups excluding carboxylic acids is 3. The molecule has 0 spiro atoms. The average Bonchev–Trinajstić information content (AvgIpc) is 2.88. The van der Waals surface area contributed by atoms with E-state index in [1.54, 1.807) is 52.0 Å². The van der Waals surface area contributed by atoms with Crippen LogP contribution in [0.4, 0.5) is 0 Å². The molecule has 1 fully saturated rings.